The quantitative estimate of drug-likeness (QED) is 0.764. The number of nitrogens with zero attached hydrogens (tertiary/aromatic N) is 2. The molecule has 0 aromatic rings. The van der Waals surface area contributed by atoms with Gasteiger partial charge in [-0.05, 0) is 63.6 Å². The minimum atomic E-state index is 0.309. The molecule has 1 saturated carbocycles. The van der Waals surface area contributed by atoms with Crippen LogP contribution in [-0.2, 0) is 0 Å². The summed E-state index contributed by atoms with van der Waals surface area (Å²) in [6.45, 7) is 4.81. The summed E-state index contributed by atoms with van der Waals surface area (Å²) in [6.07, 6.45) is 10.2. The molecule has 0 aromatic carbocycles. The molecule has 108 valence electrons. The fraction of sp³-hybridized carbons (Fsp3) is 0.875. The Morgan fingerprint density at radius 1 is 1.21 bits per heavy atom. The summed E-state index contributed by atoms with van der Waals surface area (Å²) in [5.41, 5.74) is 0. The van der Waals surface area contributed by atoms with Crippen molar-refractivity contribution in [3.63, 3.8) is 0 Å². The van der Waals surface area contributed by atoms with Gasteiger partial charge in [-0.15, -0.1) is 0 Å². The Balaban J connectivity index is 1.56. The molecular formula is C16H28N2O. The predicted molar refractivity (Wildman–Crippen MR) is 78.0 cm³/mol. The minimum absolute atomic E-state index is 0.309. The highest BCUT2D eigenvalue weighted by molar-refractivity contribution is 5.10. The number of allylic oxidation sites excluding steroid dienone is 2. The lowest BCUT2D eigenvalue weighted by Crippen LogP contribution is -2.47. The maximum Gasteiger partial charge on any atom is 0.0558 e. The van der Waals surface area contributed by atoms with Gasteiger partial charge < -0.3 is 10.0 Å². The highest BCUT2D eigenvalue weighted by Gasteiger charge is 2.37. The van der Waals surface area contributed by atoms with E-state index in [4.69, 9.17) is 0 Å². The second kappa shape index (κ2) is 5.94. The third-order valence-electron chi connectivity index (χ3n) is 5.48. The minimum Gasteiger partial charge on any atom is -0.395 e. The topological polar surface area (TPSA) is 26.7 Å². The van der Waals surface area contributed by atoms with Crippen LogP contribution in [0.1, 0.15) is 25.7 Å². The average Bonchev–Trinajstić information content (AvgIpc) is 3.01. The van der Waals surface area contributed by atoms with Crippen LogP contribution >= 0.6 is 0 Å². The fourth-order valence-electron chi connectivity index (χ4n) is 4.32. The van der Waals surface area contributed by atoms with Gasteiger partial charge in [0.25, 0.3) is 0 Å². The van der Waals surface area contributed by atoms with Gasteiger partial charge in [0, 0.05) is 19.1 Å². The van der Waals surface area contributed by atoms with E-state index in [-0.39, 0.29) is 0 Å². The van der Waals surface area contributed by atoms with Crippen molar-refractivity contribution in [2.24, 2.45) is 17.8 Å². The van der Waals surface area contributed by atoms with Gasteiger partial charge in [0.05, 0.1) is 6.61 Å². The first-order valence-electron chi connectivity index (χ1n) is 7.98. The zero-order valence-electron chi connectivity index (χ0n) is 12.2. The van der Waals surface area contributed by atoms with Gasteiger partial charge in [-0.2, -0.15) is 0 Å². The normalized spacial score (nSPS) is 35.6. The SMILES string of the molecule is CN1CCC(N(CCO)C[C@@H]2C[C@H]3C=C[C@H]2C3)CC1. The van der Waals surface area contributed by atoms with Gasteiger partial charge in [0.15, 0.2) is 0 Å². The molecule has 0 aromatic heterocycles. The van der Waals surface area contributed by atoms with Crippen molar-refractivity contribution >= 4 is 0 Å². The molecule has 1 heterocycles. The van der Waals surface area contributed by atoms with Crippen LogP contribution in [0.4, 0.5) is 0 Å². The number of piperidine rings is 1. The largest absolute Gasteiger partial charge is 0.395 e. The van der Waals surface area contributed by atoms with Crippen molar-refractivity contribution in [2.75, 3.05) is 39.8 Å². The second-order valence-corrected chi connectivity index (χ2v) is 6.79. The Bertz CT molecular complexity index is 323. The van der Waals surface area contributed by atoms with Gasteiger partial charge in [-0.3, -0.25) is 4.90 Å². The maximum absolute atomic E-state index is 9.36. The van der Waals surface area contributed by atoms with Gasteiger partial charge in [-0.25, -0.2) is 0 Å². The molecule has 3 rings (SSSR count). The van der Waals surface area contributed by atoms with E-state index in [9.17, 15) is 5.11 Å². The molecule has 2 fully saturated rings. The van der Waals surface area contributed by atoms with Gasteiger partial charge in [0.2, 0.25) is 0 Å². The van der Waals surface area contributed by atoms with Crippen LogP contribution < -0.4 is 0 Å². The fourth-order valence-corrected chi connectivity index (χ4v) is 4.32. The van der Waals surface area contributed by atoms with Crippen molar-refractivity contribution in [1.82, 2.24) is 9.80 Å². The number of fused-ring (bicyclic) bond motifs is 2. The molecule has 19 heavy (non-hydrogen) atoms. The number of likely N-dealkylation sites (tertiary alicyclic amines) is 1. The van der Waals surface area contributed by atoms with Crippen LogP contribution in [0.2, 0.25) is 0 Å². The first kappa shape index (κ1) is 13.6. The van der Waals surface area contributed by atoms with E-state index in [1.165, 1.54) is 45.3 Å². The van der Waals surface area contributed by atoms with Crippen molar-refractivity contribution in [1.29, 1.82) is 0 Å². The third-order valence-corrected chi connectivity index (χ3v) is 5.48. The van der Waals surface area contributed by atoms with E-state index in [2.05, 4.69) is 29.0 Å². The van der Waals surface area contributed by atoms with Crippen LogP contribution in [0, 0.1) is 17.8 Å². The lowest BCUT2D eigenvalue weighted by Gasteiger charge is -2.39. The number of hydrogen-bond donors (Lipinski definition) is 1. The highest BCUT2D eigenvalue weighted by atomic mass is 16.3. The van der Waals surface area contributed by atoms with Crippen molar-refractivity contribution in [3.8, 4) is 0 Å². The molecule has 0 radical (unpaired) electrons. The Labute approximate surface area is 117 Å². The van der Waals surface area contributed by atoms with E-state index in [1.807, 2.05) is 0 Å². The average molecular weight is 264 g/mol. The molecular weight excluding hydrogens is 236 g/mol. The number of aliphatic hydroxyl groups is 1. The Morgan fingerprint density at radius 2 is 2.00 bits per heavy atom. The standard InChI is InChI=1S/C16H28N2O/c1-17-6-4-16(5-7-17)18(8-9-19)12-15-11-13-2-3-14(15)10-13/h2-3,13-16,19H,4-12H2,1H3/t13-,14-,15-/m0/s1. The predicted octanol–water partition coefficient (Wildman–Crippen LogP) is 1.59. The molecule has 3 atom stereocenters. The van der Waals surface area contributed by atoms with Crippen LogP contribution in [0.25, 0.3) is 0 Å². The molecule has 1 aliphatic heterocycles. The summed E-state index contributed by atoms with van der Waals surface area (Å²) in [4.78, 5) is 5.01. The van der Waals surface area contributed by atoms with Gasteiger partial charge >= 0.3 is 0 Å². The zero-order valence-corrected chi connectivity index (χ0v) is 12.2. The van der Waals surface area contributed by atoms with E-state index in [0.717, 1.165) is 24.3 Å². The number of rotatable bonds is 5. The van der Waals surface area contributed by atoms with Gasteiger partial charge in [-0.1, -0.05) is 12.2 Å². The van der Waals surface area contributed by atoms with Crippen LogP contribution in [0.5, 0.6) is 0 Å². The van der Waals surface area contributed by atoms with Crippen LogP contribution in [0.15, 0.2) is 12.2 Å². The van der Waals surface area contributed by atoms with Crippen molar-refractivity contribution in [3.05, 3.63) is 12.2 Å². The molecule has 0 unspecified atom stereocenters. The van der Waals surface area contributed by atoms with E-state index in [1.54, 1.807) is 0 Å². The van der Waals surface area contributed by atoms with Crippen LogP contribution in [0.3, 0.4) is 0 Å². The molecule has 2 bridgehead atoms. The molecule has 0 amide bonds. The maximum atomic E-state index is 9.36. The monoisotopic (exact) mass is 264 g/mol. The summed E-state index contributed by atoms with van der Waals surface area (Å²) in [5, 5.41) is 9.36. The molecule has 3 heteroatoms. The Morgan fingerprint density at radius 3 is 2.58 bits per heavy atom. The highest BCUT2D eigenvalue weighted by Crippen LogP contribution is 2.43. The first-order chi connectivity index (χ1) is 9.26. The summed E-state index contributed by atoms with van der Waals surface area (Å²) in [5.74, 6) is 2.54. The number of hydrogen-bond acceptors (Lipinski definition) is 3. The first-order valence-corrected chi connectivity index (χ1v) is 7.98. The second-order valence-electron chi connectivity index (χ2n) is 6.79. The third kappa shape index (κ3) is 3.04. The number of aliphatic hydroxyl groups excluding tert-OH is 1. The van der Waals surface area contributed by atoms with E-state index < -0.39 is 0 Å². The lowest BCUT2D eigenvalue weighted by molar-refractivity contribution is 0.0817. The van der Waals surface area contributed by atoms with E-state index in [0.29, 0.717) is 12.6 Å². The Kier molecular flexibility index (Phi) is 4.25. The summed E-state index contributed by atoms with van der Waals surface area (Å²) in [6, 6.07) is 0.700. The van der Waals surface area contributed by atoms with Gasteiger partial charge in [0.1, 0.15) is 0 Å². The summed E-state index contributed by atoms with van der Waals surface area (Å²) in [7, 11) is 2.22. The smallest absolute Gasteiger partial charge is 0.0558 e. The molecule has 2 aliphatic carbocycles. The zero-order chi connectivity index (χ0) is 13.2. The molecule has 3 aliphatic rings. The molecule has 1 N–H and O–H groups in total. The van der Waals surface area contributed by atoms with E-state index >= 15 is 0 Å². The molecule has 3 nitrogen and oxygen atoms in total. The molecule has 0 spiro atoms. The van der Waals surface area contributed by atoms with Crippen molar-refractivity contribution in [2.45, 2.75) is 31.7 Å². The lowest BCUT2D eigenvalue weighted by atomic mass is 9.91. The Hall–Kier alpha value is -0.380. The summed E-state index contributed by atoms with van der Waals surface area (Å²) < 4.78 is 0. The van der Waals surface area contributed by atoms with Crippen LogP contribution in [-0.4, -0.2) is 60.8 Å². The van der Waals surface area contributed by atoms with Crippen molar-refractivity contribution < 1.29 is 5.11 Å². The summed E-state index contributed by atoms with van der Waals surface area (Å²) >= 11 is 0. The molecule has 1 saturated heterocycles.